The van der Waals surface area contributed by atoms with Crippen LogP contribution >= 0.6 is 11.6 Å². The molecule has 0 amide bonds. The van der Waals surface area contributed by atoms with Gasteiger partial charge in [0.1, 0.15) is 6.61 Å². The standard InChI is InChI=1S/C15H20ClNO2/c1-2-15(7-9-17-10-8-15)14(18)19-11-12-3-5-13(16)6-4-12/h3-6,17H,2,7-11H2,1H3. The summed E-state index contributed by atoms with van der Waals surface area (Å²) in [5, 5.41) is 3.98. The number of carbonyl (C=O) groups is 1. The molecular formula is C15H20ClNO2. The largest absolute Gasteiger partial charge is 0.460 e. The van der Waals surface area contributed by atoms with Crippen LogP contribution in [0.2, 0.25) is 5.02 Å². The van der Waals surface area contributed by atoms with Crippen LogP contribution in [0.1, 0.15) is 31.7 Å². The number of ether oxygens (including phenoxy) is 1. The monoisotopic (exact) mass is 281 g/mol. The van der Waals surface area contributed by atoms with E-state index in [9.17, 15) is 4.79 Å². The summed E-state index contributed by atoms with van der Waals surface area (Å²) in [4.78, 5) is 12.3. The average Bonchev–Trinajstić information content (AvgIpc) is 2.47. The molecule has 0 bridgehead atoms. The van der Waals surface area contributed by atoms with E-state index in [0.717, 1.165) is 37.9 Å². The Morgan fingerprint density at radius 2 is 1.95 bits per heavy atom. The molecule has 1 fully saturated rings. The van der Waals surface area contributed by atoms with Crippen LogP contribution in [-0.4, -0.2) is 19.1 Å². The number of nitrogens with one attached hydrogen (secondary N) is 1. The lowest BCUT2D eigenvalue weighted by molar-refractivity contribution is -0.159. The maximum Gasteiger partial charge on any atom is 0.312 e. The lowest BCUT2D eigenvalue weighted by Gasteiger charge is -2.34. The van der Waals surface area contributed by atoms with Crippen molar-refractivity contribution in [2.24, 2.45) is 5.41 Å². The molecule has 0 radical (unpaired) electrons. The molecule has 0 aliphatic carbocycles. The molecule has 0 spiro atoms. The highest BCUT2D eigenvalue weighted by molar-refractivity contribution is 6.30. The van der Waals surface area contributed by atoms with Crippen molar-refractivity contribution >= 4 is 17.6 Å². The Kier molecular flexibility index (Phi) is 4.83. The van der Waals surface area contributed by atoms with Crippen molar-refractivity contribution in [1.29, 1.82) is 0 Å². The molecule has 0 aromatic heterocycles. The fourth-order valence-corrected chi connectivity index (χ4v) is 2.62. The molecule has 4 heteroatoms. The second kappa shape index (κ2) is 6.40. The van der Waals surface area contributed by atoms with Crippen LogP contribution in [0.25, 0.3) is 0 Å². The number of benzene rings is 1. The molecule has 19 heavy (non-hydrogen) atoms. The summed E-state index contributed by atoms with van der Waals surface area (Å²) >= 11 is 5.83. The van der Waals surface area contributed by atoms with E-state index in [-0.39, 0.29) is 11.4 Å². The third-order valence-electron chi connectivity index (χ3n) is 3.95. The van der Waals surface area contributed by atoms with Crippen molar-refractivity contribution < 1.29 is 9.53 Å². The maximum atomic E-state index is 12.3. The fraction of sp³-hybridized carbons (Fsp3) is 0.533. The normalized spacial score (nSPS) is 18.0. The van der Waals surface area contributed by atoms with Gasteiger partial charge in [-0.25, -0.2) is 0 Å². The van der Waals surface area contributed by atoms with E-state index in [4.69, 9.17) is 16.3 Å². The highest BCUT2D eigenvalue weighted by Crippen LogP contribution is 2.34. The summed E-state index contributed by atoms with van der Waals surface area (Å²) < 4.78 is 5.49. The molecule has 1 heterocycles. The molecule has 1 saturated heterocycles. The molecule has 2 rings (SSSR count). The Bertz CT molecular complexity index is 424. The molecule has 1 aliphatic heterocycles. The van der Waals surface area contributed by atoms with Gasteiger partial charge in [-0.1, -0.05) is 30.7 Å². The van der Waals surface area contributed by atoms with E-state index < -0.39 is 0 Å². The zero-order valence-corrected chi connectivity index (χ0v) is 12.0. The van der Waals surface area contributed by atoms with Crippen molar-refractivity contribution in [3.8, 4) is 0 Å². The summed E-state index contributed by atoms with van der Waals surface area (Å²) in [6.07, 6.45) is 2.57. The van der Waals surface area contributed by atoms with Crippen LogP contribution in [0.5, 0.6) is 0 Å². The van der Waals surface area contributed by atoms with Gasteiger partial charge >= 0.3 is 5.97 Å². The summed E-state index contributed by atoms with van der Waals surface area (Å²) in [6.45, 7) is 4.17. The highest BCUT2D eigenvalue weighted by Gasteiger charge is 2.39. The highest BCUT2D eigenvalue weighted by atomic mass is 35.5. The van der Waals surface area contributed by atoms with Crippen LogP contribution in [0.3, 0.4) is 0 Å². The van der Waals surface area contributed by atoms with Gasteiger partial charge in [-0.3, -0.25) is 4.79 Å². The van der Waals surface area contributed by atoms with E-state index in [1.54, 1.807) is 0 Å². The van der Waals surface area contributed by atoms with Gasteiger partial charge in [0.15, 0.2) is 0 Å². The predicted molar refractivity (Wildman–Crippen MR) is 76.1 cm³/mol. The van der Waals surface area contributed by atoms with Gasteiger partial charge in [-0.15, -0.1) is 0 Å². The molecule has 0 atom stereocenters. The van der Waals surface area contributed by atoms with E-state index in [0.29, 0.717) is 11.6 Å². The molecule has 0 unspecified atom stereocenters. The fourth-order valence-electron chi connectivity index (χ4n) is 2.49. The minimum atomic E-state index is -0.294. The van der Waals surface area contributed by atoms with Gasteiger partial charge in [0.05, 0.1) is 5.41 Å². The molecule has 3 nitrogen and oxygen atoms in total. The number of rotatable bonds is 4. The third kappa shape index (κ3) is 3.48. The van der Waals surface area contributed by atoms with Gasteiger partial charge in [-0.05, 0) is 50.0 Å². The SMILES string of the molecule is CCC1(C(=O)OCc2ccc(Cl)cc2)CCNCC1. The second-order valence-electron chi connectivity index (χ2n) is 5.09. The summed E-state index contributed by atoms with van der Waals surface area (Å²) in [5.74, 6) is -0.0635. The predicted octanol–water partition coefficient (Wildman–Crippen LogP) is 3.16. The second-order valence-corrected chi connectivity index (χ2v) is 5.52. The van der Waals surface area contributed by atoms with E-state index in [1.165, 1.54) is 0 Å². The summed E-state index contributed by atoms with van der Waals surface area (Å²) in [5.41, 5.74) is 0.676. The summed E-state index contributed by atoms with van der Waals surface area (Å²) in [6, 6.07) is 7.39. The summed E-state index contributed by atoms with van der Waals surface area (Å²) in [7, 11) is 0. The number of esters is 1. The first-order chi connectivity index (χ1) is 9.16. The molecule has 1 aromatic carbocycles. The van der Waals surface area contributed by atoms with Crippen molar-refractivity contribution in [3.63, 3.8) is 0 Å². The molecule has 0 saturated carbocycles. The molecule has 1 N–H and O–H groups in total. The average molecular weight is 282 g/mol. The lowest BCUT2D eigenvalue weighted by atomic mass is 9.77. The zero-order valence-electron chi connectivity index (χ0n) is 11.2. The molecule has 1 aliphatic rings. The number of hydrogen-bond acceptors (Lipinski definition) is 3. The van der Waals surface area contributed by atoms with Crippen molar-refractivity contribution in [2.75, 3.05) is 13.1 Å². The van der Waals surface area contributed by atoms with E-state index in [1.807, 2.05) is 24.3 Å². The lowest BCUT2D eigenvalue weighted by Crippen LogP contribution is -2.42. The van der Waals surface area contributed by atoms with Crippen LogP contribution in [0, 0.1) is 5.41 Å². The van der Waals surface area contributed by atoms with Crippen LogP contribution in [-0.2, 0) is 16.1 Å². The molecule has 1 aromatic rings. The van der Waals surface area contributed by atoms with Gasteiger partial charge in [0, 0.05) is 5.02 Å². The number of hydrogen-bond donors (Lipinski definition) is 1. The Morgan fingerprint density at radius 3 is 2.53 bits per heavy atom. The number of piperidine rings is 1. The van der Waals surface area contributed by atoms with Crippen LogP contribution in [0.4, 0.5) is 0 Å². The maximum absolute atomic E-state index is 12.3. The van der Waals surface area contributed by atoms with E-state index in [2.05, 4.69) is 12.2 Å². The molecule has 104 valence electrons. The topological polar surface area (TPSA) is 38.3 Å². The van der Waals surface area contributed by atoms with Gasteiger partial charge in [0.2, 0.25) is 0 Å². The smallest absolute Gasteiger partial charge is 0.312 e. The number of halogens is 1. The number of carbonyl (C=O) groups excluding carboxylic acids is 1. The van der Waals surface area contributed by atoms with Crippen molar-refractivity contribution in [3.05, 3.63) is 34.9 Å². The Morgan fingerprint density at radius 1 is 1.32 bits per heavy atom. The van der Waals surface area contributed by atoms with Crippen molar-refractivity contribution in [1.82, 2.24) is 5.32 Å². The Labute approximate surface area is 119 Å². The van der Waals surface area contributed by atoms with Gasteiger partial charge in [-0.2, -0.15) is 0 Å². The van der Waals surface area contributed by atoms with Crippen molar-refractivity contribution in [2.45, 2.75) is 32.8 Å². The van der Waals surface area contributed by atoms with Crippen LogP contribution < -0.4 is 5.32 Å². The van der Waals surface area contributed by atoms with Gasteiger partial charge in [0.25, 0.3) is 0 Å². The van der Waals surface area contributed by atoms with Gasteiger partial charge < -0.3 is 10.1 Å². The first kappa shape index (κ1) is 14.4. The molecular weight excluding hydrogens is 262 g/mol. The first-order valence-corrected chi connectivity index (χ1v) is 7.16. The Balaban J connectivity index is 1.94. The van der Waals surface area contributed by atoms with E-state index >= 15 is 0 Å². The Hall–Kier alpha value is -1.06. The third-order valence-corrected chi connectivity index (χ3v) is 4.21. The van der Waals surface area contributed by atoms with Crippen LogP contribution in [0.15, 0.2) is 24.3 Å². The zero-order chi connectivity index (χ0) is 13.7. The first-order valence-electron chi connectivity index (χ1n) is 6.79. The minimum absolute atomic E-state index is 0.0635. The quantitative estimate of drug-likeness (QED) is 0.862. The minimum Gasteiger partial charge on any atom is -0.460 e.